The van der Waals surface area contributed by atoms with E-state index in [9.17, 15) is 5.11 Å². The van der Waals surface area contributed by atoms with Crippen molar-refractivity contribution in [2.45, 2.75) is 67.1 Å². The van der Waals surface area contributed by atoms with Crippen molar-refractivity contribution >= 4 is 43.5 Å². The van der Waals surface area contributed by atoms with E-state index in [4.69, 9.17) is 11.6 Å². The number of hydrogen-bond acceptors (Lipinski definition) is 1. The summed E-state index contributed by atoms with van der Waals surface area (Å²) in [7, 11) is 0. The molecular formula is C15H23Br2ClO. The van der Waals surface area contributed by atoms with Crippen molar-refractivity contribution in [1.29, 1.82) is 0 Å². The van der Waals surface area contributed by atoms with Crippen LogP contribution in [-0.4, -0.2) is 25.7 Å². The molecule has 0 radical (unpaired) electrons. The summed E-state index contributed by atoms with van der Waals surface area (Å²) in [6.07, 6.45) is 3.23. The fraction of sp³-hybridized carbons (Fsp3) is 0.867. The van der Waals surface area contributed by atoms with Gasteiger partial charge in [-0.05, 0) is 43.6 Å². The van der Waals surface area contributed by atoms with Gasteiger partial charge in [-0.2, -0.15) is 0 Å². The molecule has 0 saturated heterocycles. The van der Waals surface area contributed by atoms with Crippen molar-refractivity contribution in [3.63, 3.8) is 0 Å². The summed E-state index contributed by atoms with van der Waals surface area (Å²) < 4.78 is 0. The molecule has 2 saturated carbocycles. The van der Waals surface area contributed by atoms with E-state index in [-0.39, 0.29) is 20.5 Å². The Morgan fingerprint density at radius 3 is 2.32 bits per heavy atom. The third-order valence-electron chi connectivity index (χ3n) is 5.68. The van der Waals surface area contributed by atoms with E-state index < -0.39 is 6.10 Å². The Bertz CT molecular complexity index is 394. The standard InChI is InChI=1S/C15H23Br2ClO/c1-9-10(19)7-11(16)13(2,3)15(9)6-5-14(4,18)12(17)8-15/h10-12,19H,1,5-8H2,2-4H3. The highest BCUT2D eigenvalue weighted by Crippen LogP contribution is 2.64. The lowest BCUT2D eigenvalue weighted by Crippen LogP contribution is -2.57. The average Bonchev–Trinajstić information content (AvgIpc) is 2.30. The van der Waals surface area contributed by atoms with Crippen molar-refractivity contribution < 1.29 is 5.11 Å². The van der Waals surface area contributed by atoms with Crippen LogP contribution in [0.25, 0.3) is 0 Å². The second-order valence-corrected chi connectivity index (χ2v) is 10.1. The van der Waals surface area contributed by atoms with E-state index in [0.717, 1.165) is 31.3 Å². The van der Waals surface area contributed by atoms with Gasteiger partial charge in [0.1, 0.15) is 0 Å². The van der Waals surface area contributed by atoms with Gasteiger partial charge in [-0.25, -0.2) is 0 Å². The molecule has 0 aromatic rings. The maximum atomic E-state index is 10.3. The van der Waals surface area contributed by atoms with E-state index in [1.165, 1.54) is 0 Å². The monoisotopic (exact) mass is 412 g/mol. The van der Waals surface area contributed by atoms with E-state index in [2.05, 4.69) is 59.2 Å². The van der Waals surface area contributed by atoms with Gasteiger partial charge in [-0.3, -0.25) is 0 Å². The maximum absolute atomic E-state index is 10.3. The van der Waals surface area contributed by atoms with Gasteiger partial charge < -0.3 is 5.11 Å². The third-order valence-corrected chi connectivity index (χ3v) is 9.25. The van der Waals surface area contributed by atoms with Crippen LogP contribution in [0.3, 0.4) is 0 Å². The SMILES string of the molecule is C=C1C(O)CC(Br)C(C)(C)C12CCC(C)(Cl)C(Br)C2. The zero-order valence-electron chi connectivity index (χ0n) is 11.8. The lowest BCUT2D eigenvalue weighted by atomic mass is 9.49. The van der Waals surface area contributed by atoms with Gasteiger partial charge in [-0.1, -0.05) is 52.3 Å². The predicted molar refractivity (Wildman–Crippen MR) is 89.5 cm³/mol. The number of alkyl halides is 3. The molecule has 0 amide bonds. The highest BCUT2D eigenvalue weighted by atomic mass is 79.9. The topological polar surface area (TPSA) is 20.2 Å². The zero-order chi connectivity index (χ0) is 14.6. The molecule has 0 heterocycles. The molecule has 2 aliphatic carbocycles. The minimum atomic E-state index is -0.406. The molecule has 4 heteroatoms. The van der Waals surface area contributed by atoms with Crippen LogP contribution >= 0.6 is 43.5 Å². The molecule has 19 heavy (non-hydrogen) atoms. The fourth-order valence-corrected chi connectivity index (χ4v) is 5.52. The van der Waals surface area contributed by atoms with Crippen molar-refractivity contribution in [2.75, 3.05) is 0 Å². The summed E-state index contributed by atoms with van der Waals surface area (Å²) in [5.74, 6) is 0. The first-order valence-corrected chi connectivity index (χ1v) is 9.10. The lowest BCUT2D eigenvalue weighted by molar-refractivity contribution is -0.00840. The maximum Gasteiger partial charge on any atom is 0.0764 e. The van der Waals surface area contributed by atoms with Gasteiger partial charge in [-0.15, -0.1) is 11.6 Å². The first-order chi connectivity index (χ1) is 8.54. The Labute approximate surface area is 138 Å². The fourth-order valence-electron chi connectivity index (χ4n) is 3.78. The largest absolute Gasteiger partial charge is 0.389 e. The Kier molecular flexibility index (Phi) is 4.29. The molecule has 110 valence electrons. The number of aliphatic hydroxyl groups excluding tert-OH is 1. The lowest BCUT2D eigenvalue weighted by Gasteiger charge is -2.60. The van der Waals surface area contributed by atoms with Gasteiger partial charge in [0.05, 0.1) is 11.0 Å². The quantitative estimate of drug-likeness (QED) is 0.435. The van der Waals surface area contributed by atoms with Crippen molar-refractivity contribution in [2.24, 2.45) is 10.8 Å². The Balaban J connectivity index is 2.42. The van der Waals surface area contributed by atoms with Gasteiger partial charge in [0.25, 0.3) is 0 Å². The number of hydrogen-bond donors (Lipinski definition) is 1. The molecule has 5 unspecified atom stereocenters. The summed E-state index contributed by atoms with van der Waals surface area (Å²) in [4.78, 5) is 0.350. The normalized spacial score (nSPS) is 50.5. The summed E-state index contributed by atoms with van der Waals surface area (Å²) in [5, 5.41) is 10.3. The van der Waals surface area contributed by atoms with Gasteiger partial charge in [0, 0.05) is 15.1 Å². The van der Waals surface area contributed by atoms with Crippen LogP contribution in [0.1, 0.15) is 46.5 Å². The van der Waals surface area contributed by atoms with Crippen LogP contribution in [0, 0.1) is 10.8 Å². The number of rotatable bonds is 0. The minimum Gasteiger partial charge on any atom is -0.389 e. The van der Waals surface area contributed by atoms with Crippen LogP contribution in [0.5, 0.6) is 0 Å². The molecule has 1 N–H and O–H groups in total. The molecule has 1 nitrogen and oxygen atoms in total. The number of halogens is 3. The minimum absolute atomic E-state index is 0.0403. The average molecular weight is 415 g/mol. The van der Waals surface area contributed by atoms with Crippen LogP contribution in [-0.2, 0) is 0 Å². The second-order valence-electron chi connectivity index (χ2n) is 7.00. The van der Waals surface area contributed by atoms with E-state index in [0.29, 0.717) is 4.83 Å². The van der Waals surface area contributed by atoms with Gasteiger partial charge in [0.15, 0.2) is 0 Å². The van der Waals surface area contributed by atoms with Crippen LogP contribution in [0.2, 0.25) is 0 Å². The molecule has 0 aliphatic heterocycles. The first kappa shape index (κ1) is 16.3. The van der Waals surface area contributed by atoms with E-state index in [1.807, 2.05) is 0 Å². The Hall–Kier alpha value is 0.950. The van der Waals surface area contributed by atoms with Crippen molar-refractivity contribution in [3.8, 4) is 0 Å². The van der Waals surface area contributed by atoms with E-state index in [1.54, 1.807) is 0 Å². The molecule has 1 spiro atoms. The smallest absolute Gasteiger partial charge is 0.0764 e. The van der Waals surface area contributed by atoms with Crippen LogP contribution < -0.4 is 0 Å². The van der Waals surface area contributed by atoms with E-state index >= 15 is 0 Å². The van der Waals surface area contributed by atoms with Gasteiger partial charge >= 0.3 is 0 Å². The summed E-state index contributed by atoms with van der Waals surface area (Å²) in [6, 6.07) is 0. The summed E-state index contributed by atoms with van der Waals surface area (Å²) >= 11 is 14.1. The first-order valence-electron chi connectivity index (χ1n) is 6.89. The molecule has 2 aliphatic rings. The third kappa shape index (κ3) is 2.37. The molecular weight excluding hydrogens is 391 g/mol. The Morgan fingerprint density at radius 2 is 1.79 bits per heavy atom. The zero-order valence-corrected chi connectivity index (χ0v) is 15.8. The van der Waals surface area contributed by atoms with Crippen LogP contribution in [0.15, 0.2) is 12.2 Å². The molecule has 0 aromatic heterocycles. The second kappa shape index (κ2) is 5.00. The molecule has 5 atom stereocenters. The van der Waals surface area contributed by atoms with Crippen molar-refractivity contribution in [1.82, 2.24) is 0 Å². The van der Waals surface area contributed by atoms with Gasteiger partial charge in [0.2, 0.25) is 0 Å². The summed E-state index contributed by atoms with van der Waals surface area (Å²) in [6.45, 7) is 10.9. The predicted octanol–water partition coefficient (Wildman–Crippen LogP) is 5.03. The highest BCUT2D eigenvalue weighted by molar-refractivity contribution is 9.09. The van der Waals surface area contributed by atoms with Crippen LogP contribution in [0.4, 0.5) is 0 Å². The molecule has 0 bridgehead atoms. The number of aliphatic hydroxyl groups is 1. The summed E-state index contributed by atoms with van der Waals surface area (Å²) in [5.41, 5.74) is 1.04. The molecule has 2 rings (SSSR count). The Morgan fingerprint density at radius 1 is 1.21 bits per heavy atom. The molecule has 2 fully saturated rings. The molecule has 0 aromatic carbocycles. The van der Waals surface area contributed by atoms with Crippen molar-refractivity contribution in [3.05, 3.63) is 12.2 Å². The highest BCUT2D eigenvalue weighted by Gasteiger charge is 2.59.